The highest BCUT2D eigenvalue weighted by Crippen LogP contribution is 2.44. The Morgan fingerprint density at radius 3 is 2.58 bits per heavy atom. The van der Waals surface area contributed by atoms with Gasteiger partial charge in [-0.05, 0) is 35.4 Å². The molecule has 0 aliphatic carbocycles. The van der Waals surface area contributed by atoms with Crippen molar-refractivity contribution in [3.63, 3.8) is 0 Å². The van der Waals surface area contributed by atoms with Gasteiger partial charge in [-0.2, -0.15) is 18.4 Å². The van der Waals surface area contributed by atoms with Crippen LogP contribution in [-0.4, -0.2) is 41.5 Å². The monoisotopic (exact) mass is 498 g/mol. The van der Waals surface area contributed by atoms with Gasteiger partial charge in [0.05, 0.1) is 24.6 Å². The largest absolute Gasteiger partial charge is 0.481 e. The van der Waals surface area contributed by atoms with Crippen LogP contribution in [0, 0.1) is 17.1 Å². The second-order valence-electron chi connectivity index (χ2n) is 7.99. The Morgan fingerprint density at radius 2 is 1.94 bits per heavy atom. The Balaban J connectivity index is 1.85. The minimum atomic E-state index is -4.75. The lowest BCUT2D eigenvalue weighted by atomic mass is 9.79. The van der Waals surface area contributed by atoms with Gasteiger partial charge in [-0.25, -0.2) is 9.37 Å². The molecule has 2 aromatic carbocycles. The predicted molar refractivity (Wildman–Crippen MR) is 120 cm³/mol. The van der Waals surface area contributed by atoms with Crippen LogP contribution in [0.4, 0.5) is 23.2 Å². The van der Waals surface area contributed by atoms with Crippen LogP contribution in [-0.2, 0) is 4.79 Å². The number of aromatic nitrogens is 1. The molecule has 0 saturated carbocycles. The number of ether oxygens (including phenoxy) is 1. The van der Waals surface area contributed by atoms with E-state index in [9.17, 15) is 27.2 Å². The molecule has 11 heteroatoms. The molecule has 1 unspecified atom stereocenters. The summed E-state index contributed by atoms with van der Waals surface area (Å²) < 4.78 is 59.6. The maximum atomic E-state index is 13.8. The Kier molecular flexibility index (Phi) is 6.61. The third kappa shape index (κ3) is 4.84. The van der Waals surface area contributed by atoms with E-state index in [2.05, 4.69) is 10.3 Å². The van der Waals surface area contributed by atoms with Crippen molar-refractivity contribution in [1.82, 2.24) is 9.88 Å². The summed E-state index contributed by atoms with van der Waals surface area (Å²) in [6.45, 7) is -1.60. The number of nitriles is 1. The van der Waals surface area contributed by atoms with Gasteiger partial charge in [0.2, 0.25) is 11.8 Å². The molecule has 7 nitrogen and oxygen atoms in total. The van der Waals surface area contributed by atoms with Gasteiger partial charge in [-0.15, -0.1) is 0 Å². The van der Waals surface area contributed by atoms with Crippen LogP contribution >= 0.6 is 0 Å². The van der Waals surface area contributed by atoms with Crippen LogP contribution < -0.4 is 10.1 Å². The van der Waals surface area contributed by atoms with Gasteiger partial charge in [0.1, 0.15) is 18.4 Å². The topological polar surface area (TPSA) is 95.3 Å². The van der Waals surface area contributed by atoms with E-state index in [0.29, 0.717) is 4.90 Å². The number of anilines is 1. The molecule has 1 aliphatic rings. The number of pyridine rings is 1. The van der Waals surface area contributed by atoms with E-state index in [4.69, 9.17) is 10.00 Å². The Labute approximate surface area is 202 Å². The van der Waals surface area contributed by atoms with Crippen molar-refractivity contribution in [3.05, 3.63) is 88.9 Å². The molecule has 0 spiro atoms. The summed E-state index contributed by atoms with van der Waals surface area (Å²) in [5, 5.41) is 11.6. The Hall–Kier alpha value is -4.46. The average molecular weight is 498 g/mol. The van der Waals surface area contributed by atoms with E-state index in [1.54, 1.807) is 12.1 Å². The van der Waals surface area contributed by atoms with Gasteiger partial charge in [0, 0.05) is 23.5 Å². The maximum absolute atomic E-state index is 13.8. The number of hydrogen-bond acceptors (Lipinski definition) is 5. The van der Waals surface area contributed by atoms with Gasteiger partial charge < -0.3 is 15.0 Å². The van der Waals surface area contributed by atoms with E-state index >= 15 is 0 Å². The zero-order valence-corrected chi connectivity index (χ0v) is 18.7. The maximum Gasteiger partial charge on any atom is 0.406 e. The van der Waals surface area contributed by atoms with Crippen molar-refractivity contribution in [1.29, 1.82) is 5.26 Å². The first-order chi connectivity index (χ1) is 17.1. The van der Waals surface area contributed by atoms with E-state index in [0.717, 1.165) is 12.1 Å². The highest BCUT2D eigenvalue weighted by Gasteiger charge is 2.47. The second-order valence-corrected chi connectivity index (χ2v) is 7.99. The zero-order valence-electron chi connectivity index (χ0n) is 18.7. The number of carbonyl (C=O) groups is 2. The van der Waals surface area contributed by atoms with Gasteiger partial charge in [0.15, 0.2) is 0 Å². The summed E-state index contributed by atoms with van der Waals surface area (Å²) in [5.74, 6) is -3.52. The third-order valence-corrected chi connectivity index (χ3v) is 5.73. The Morgan fingerprint density at radius 1 is 1.19 bits per heavy atom. The van der Waals surface area contributed by atoms with Crippen LogP contribution in [0.1, 0.15) is 39.0 Å². The predicted octanol–water partition coefficient (Wildman–Crippen LogP) is 4.58. The number of halogens is 4. The first-order valence-electron chi connectivity index (χ1n) is 10.6. The van der Waals surface area contributed by atoms with Gasteiger partial charge in [-0.3, -0.25) is 9.59 Å². The molecule has 2 atom stereocenters. The van der Waals surface area contributed by atoms with Crippen LogP contribution in [0.5, 0.6) is 5.88 Å². The standard InChI is InChI=1S/C25H18F4N4O3/c1-36-20-9-6-14(12-31-20)22-21(23(34)32-16-7-8-19(26)15(10-16)11-30)17-4-2-3-5-18(17)24(35)33(22)13-25(27,28)29/h2-10,12,21-22H,13H2,1H3,(H,32,34)/t21?,22-/m1/s1. The lowest BCUT2D eigenvalue weighted by molar-refractivity contribution is -0.148. The van der Waals surface area contributed by atoms with Crippen LogP contribution in [0.25, 0.3) is 0 Å². The molecule has 0 saturated heterocycles. The summed E-state index contributed by atoms with van der Waals surface area (Å²) in [5.41, 5.74) is 0.112. The third-order valence-electron chi connectivity index (χ3n) is 5.73. The number of fused-ring (bicyclic) bond motifs is 1. The molecule has 36 heavy (non-hydrogen) atoms. The van der Waals surface area contributed by atoms with Crippen LogP contribution in [0.3, 0.4) is 0 Å². The molecule has 0 fully saturated rings. The summed E-state index contributed by atoms with van der Waals surface area (Å²) in [7, 11) is 1.37. The lowest BCUT2D eigenvalue weighted by Gasteiger charge is -2.41. The van der Waals surface area contributed by atoms with E-state index in [-0.39, 0.29) is 33.8 Å². The van der Waals surface area contributed by atoms with Gasteiger partial charge in [0.25, 0.3) is 5.91 Å². The fraction of sp³-hybridized carbons (Fsp3) is 0.200. The molecular formula is C25H18F4N4O3. The second kappa shape index (κ2) is 9.65. The van der Waals surface area contributed by atoms with E-state index in [1.807, 2.05) is 0 Å². The summed E-state index contributed by atoms with van der Waals surface area (Å²) in [6.07, 6.45) is -3.50. The average Bonchev–Trinajstić information content (AvgIpc) is 2.86. The molecule has 0 bridgehead atoms. The SMILES string of the molecule is COc1ccc([C@@H]2C(C(=O)Nc3ccc(F)c(C#N)c3)c3ccccc3C(=O)N2CC(F)(F)F)cn1. The Bertz CT molecular complexity index is 1350. The van der Waals surface area contributed by atoms with Gasteiger partial charge >= 0.3 is 6.18 Å². The number of benzene rings is 2. The van der Waals surface area contributed by atoms with Crippen molar-refractivity contribution in [2.24, 2.45) is 0 Å². The van der Waals surface area contributed by atoms with Gasteiger partial charge in [-0.1, -0.05) is 24.3 Å². The lowest BCUT2D eigenvalue weighted by Crippen LogP contribution is -2.49. The normalized spacial score (nSPS) is 17.2. The molecule has 1 aromatic heterocycles. The summed E-state index contributed by atoms with van der Waals surface area (Å²) in [6, 6.07) is 12.4. The summed E-state index contributed by atoms with van der Waals surface area (Å²) in [4.78, 5) is 31.4. The number of nitrogens with one attached hydrogen (secondary N) is 1. The minimum Gasteiger partial charge on any atom is -0.481 e. The van der Waals surface area contributed by atoms with Crippen molar-refractivity contribution < 1.29 is 31.9 Å². The molecule has 1 N–H and O–H groups in total. The van der Waals surface area contributed by atoms with Crippen molar-refractivity contribution in [3.8, 4) is 11.9 Å². The van der Waals surface area contributed by atoms with Crippen molar-refractivity contribution >= 4 is 17.5 Å². The fourth-order valence-electron chi connectivity index (χ4n) is 4.21. The van der Waals surface area contributed by atoms with E-state index < -0.39 is 42.3 Å². The number of nitrogens with zero attached hydrogens (tertiary/aromatic N) is 3. The van der Waals surface area contributed by atoms with E-state index in [1.165, 1.54) is 49.7 Å². The molecule has 2 amide bonds. The summed E-state index contributed by atoms with van der Waals surface area (Å²) >= 11 is 0. The van der Waals surface area contributed by atoms with Crippen LogP contribution in [0.15, 0.2) is 60.8 Å². The molecular weight excluding hydrogens is 480 g/mol. The zero-order chi connectivity index (χ0) is 26.0. The minimum absolute atomic E-state index is 0.0450. The number of amides is 2. The first kappa shape index (κ1) is 24.7. The van der Waals surface area contributed by atoms with Crippen LogP contribution in [0.2, 0.25) is 0 Å². The van der Waals surface area contributed by atoms with Crippen molar-refractivity contribution in [2.45, 2.75) is 18.1 Å². The molecule has 1 aliphatic heterocycles. The number of carbonyl (C=O) groups excluding carboxylic acids is 2. The molecule has 4 rings (SSSR count). The molecule has 0 radical (unpaired) electrons. The molecule has 3 aromatic rings. The molecule has 2 heterocycles. The number of methoxy groups -OCH3 is 1. The first-order valence-corrected chi connectivity index (χ1v) is 10.6. The fourth-order valence-corrected chi connectivity index (χ4v) is 4.21. The molecule has 184 valence electrons. The number of rotatable bonds is 5. The highest BCUT2D eigenvalue weighted by molar-refractivity contribution is 6.04. The number of hydrogen-bond donors (Lipinski definition) is 1. The highest BCUT2D eigenvalue weighted by atomic mass is 19.4. The number of alkyl halides is 3. The quantitative estimate of drug-likeness (QED) is 0.520. The van der Waals surface area contributed by atoms with Crippen molar-refractivity contribution in [2.75, 3.05) is 19.0 Å². The smallest absolute Gasteiger partial charge is 0.406 e.